The zero-order chi connectivity index (χ0) is 9.97. The van der Waals surface area contributed by atoms with Crippen LogP contribution in [-0.4, -0.2) is 9.97 Å². The molecule has 2 aromatic rings. The number of aromatic nitrogens is 2. The predicted octanol–water partition coefficient (Wildman–Crippen LogP) is 1.77. The topological polar surface area (TPSA) is 64.9 Å². The predicted molar refractivity (Wildman–Crippen MR) is 51.8 cm³/mol. The third kappa shape index (κ3) is 1.62. The molecule has 0 aliphatic heterocycles. The van der Waals surface area contributed by atoms with Crippen molar-refractivity contribution in [1.82, 2.24) is 9.97 Å². The van der Waals surface area contributed by atoms with Crippen LogP contribution in [0.5, 0.6) is 0 Å². The average Bonchev–Trinajstić information content (AvgIpc) is 2.65. The summed E-state index contributed by atoms with van der Waals surface area (Å²) >= 11 is 5.79. The van der Waals surface area contributed by atoms with Crippen LogP contribution in [-0.2, 0) is 0 Å². The molecule has 5 heteroatoms. The van der Waals surface area contributed by atoms with Crippen LogP contribution in [0.15, 0.2) is 35.3 Å². The highest BCUT2D eigenvalue weighted by Crippen LogP contribution is 2.25. The van der Waals surface area contributed by atoms with Crippen molar-refractivity contribution in [2.24, 2.45) is 5.73 Å². The summed E-state index contributed by atoms with van der Waals surface area (Å²) in [6, 6.07) is 1.33. The normalized spacial score (nSPS) is 12.7. The molecule has 4 nitrogen and oxygen atoms in total. The van der Waals surface area contributed by atoms with Crippen molar-refractivity contribution in [3.8, 4) is 0 Å². The minimum atomic E-state index is -0.394. The molecular formula is C9H8ClN3O. The van der Waals surface area contributed by atoms with Gasteiger partial charge in [0.1, 0.15) is 0 Å². The molecule has 0 radical (unpaired) electrons. The lowest BCUT2D eigenvalue weighted by atomic mass is 10.1. The van der Waals surface area contributed by atoms with Gasteiger partial charge in [-0.3, -0.25) is 9.97 Å². The highest BCUT2D eigenvalue weighted by molar-refractivity contribution is 6.29. The Labute approximate surface area is 85.7 Å². The van der Waals surface area contributed by atoms with Gasteiger partial charge in [0.2, 0.25) is 0 Å². The van der Waals surface area contributed by atoms with Crippen LogP contribution in [0.4, 0.5) is 0 Å². The second-order valence-electron chi connectivity index (χ2n) is 2.76. The lowest BCUT2D eigenvalue weighted by Crippen LogP contribution is -2.13. The van der Waals surface area contributed by atoms with Crippen molar-refractivity contribution in [2.75, 3.05) is 0 Å². The summed E-state index contributed by atoms with van der Waals surface area (Å²) in [6.07, 6.45) is 6.28. The van der Waals surface area contributed by atoms with Crippen LogP contribution >= 0.6 is 11.6 Å². The van der Waals surface area contributed by atoms with Crippen molar-refractivity contribution in [3.63, 3.8) is 0 Å². The van der Waals surface area contributed by atoms with Crippen molar-refractivity contribution < 1.29 is 4.42 Å². The Morgan fingerprint density at radius 1 is 1.43 bits per heavy atom. The quantitative estimate of drug-likeness (QED) is 0.819. The van der Waals surface area contributed by atoms with Crippen LogP contribution in [0.2, 0.25) is 5.22 Å². The zero-order valence-corrected chi connectivity index (χ0v) is 7.98. The lowest BCUT2D eigenvalue weighted by Gasteiger charge is -2.07. The minimum Gasteiger partial charge on any atom is -0.453 e. The molecule has 0 fully saturated rings. The maximum atomic E-state index is 5.91. The highest BCUT2D eigenvalue weighted by atomic mass is 35.5. The van der Waals surface area contributed by atoms with Crippen LogP contribution in [0, 0.1) is 0 Å². The molecule has 2 N–H and O–H groups in total. The summed E-state index contributed by atoms with van der Waals surface area (Å²) in [7, 11) is 0. The molecule has 0 bridgehead atoms. The summed E-state index contributed by atoms with van der Waals surface area (Å²) in [6.45, 7) is 0. The first kappa shape index (κ1) is 9.18. The van der Waals surface area contributed by atoms with E-state index in [4.69, 9.17) is 21.8 Å². The largest absolute Gasteiger partial charge is 0.453 e. The van der Waals surface area contributed by atoms with E-state index in [2.05, 4.69) is 9.97 Å². The lowest BCUT2D eigenvalue weighted by molar-refractivity contribution is 0.563. The maximum absolute atomic E-state index is 5.91. The molecular weight excluding hydrogens is 202 g/mol. The van der Waals surface area contributed by atoms with Gasteiger partial charge in [-0.05, 0) is 17.7 Å². The number of nitrogens with two attached hydrogens (primary N) is 1. The number of hydrogen-bond donors (Lipinski definition) is 1. The van der Waals surface area contributed by atoms with Gasteiger partial charge in [-0.15, -0.1) is 0 Å². The molecule has 2 rings (SSSR count). The van der Waals surface area contributed by atoms with Gasteiger partial charge in [-0.25, -0.2) is 0 Å². The Hall–Kier alpha value is -1.39. The molecule has 0 aliphatic rings. The van der Waals surface area contributed by atoms with E-state index in [1.165, 1.54) is 6.26 Å². The standard InChI is InChI=1S/C9H8ClN3O/c10-9-6(1-4-14-9)8(11)7-5-12-2-3-13-7/h1-5,8H,11H2. The molecule has 0 saturated carbocycles. The van der Waals surface area contributed by atoms with Crippen LogP contribution in [0.3, 0.4) is 0 Å². The Balaban J connectivity index is 2.34. The summed E-state index contributed by atoms with van der Waals surface area (Å²) < 4.78 is 4.94. The third-order valence-corrected chi connectivity index (χ3v) is 2.19. The van der Waals surface area contributed by atoms with Gasteiger partial charge in [0.05, 0.1) is 24.2 Å². The van der Waals surface area contributed by atoms with Gasteiger partial charge < -0.3 is 10.2 Å². The molecule has 72 valence electrons. The molecule has 0 aromatic carbocycles. The van der Waals surface area contributed by atoms with E-state index < -0.39 is 6.04 Å². The first-order valence-electron chi connectivity index (χ1n) is 4.03. The molecule has 0 spiro atoms. The Bertz CT molecular complexity index is 415. The second kappa shape index (κ2) is 3.77. The van der Waals surface area contributed by atoms with Crippen molar-refractivity contribution in [2.45, 2.75) is 6.04 Å². The van der Waals surface area contributed by atoms with E-state index in [0.29, 0.717) is 16.5 Å². The van der Waals surface area contributed by atoms with Crippen molar-refractivity contribution in [1.29, 1.82) is 0 Å². The summed E-state index contributed by atoms with van der Waals surface area (Å²) in [4.78, 5) is 8.02. The fourth-order valence-electron chi connectivity index (χ4n) is 1.16. The Kier molecular flexibility index (Phi) is 2.47. The zero-order valence-electron chi connectivity index (χ0n) is 7.22. The number of furan rings is 1. The molecule has 0 amide bonds. The van der Waals surface area contributed by atoms with Gasteiger partial charge in [0, 0.05) is 18.0 Å². The first-order chi connectivity index (χ1) is 6.79. The molecule has 0 aliphatic carbocycles. The van der Waals surface area contributed by atoms with Gasteiger partial charge in [-0.2, -0.15) is 0 Å². The molecule has 14 heavy (non-hydrogen) atoms. The number of rotatable bonds is 2. The van der Waals surface area contributed by atoms with Gasteiger partial charge >= 0.3 is 0 Å². The van der Waals surface area contributed by atoms with Crippen molar-refractivity contribution in [3.05, 3.63) is 47.4 Å². The summed E-state index contributed by atoms with van der Waals surface area (Å²) in [5, 5.41) is 0.295. The number of hydrogen-bond acceptors (Lipinski definition) is 4. The summed E-state index contributed by atoms with van der Waals surface area (Å²) in [5.74, 6) is 0. The van der Waals surface area contributed by atoms with Gasteiger partial charge in [0.25, 0.3) is 0 Å². The fourth-order valence-corrected chi connectivity index (χ4v) is 1.39. The minimum absolute atomic E-state index is 0.295. The van der Waals surface area contributed by atoms with Gasteiger partial charge in [0.15, 0.2) is 5.22 Å². The van der Waals surface area contributed by atoms with E-state index in [9.17, 15) is 0 Å². The highest BCUT2D eigenvalue weighted by Gasteiger charge is 2.15. The Morgan fingerprint density at radius 3 is 2.86 bits per heavy atom. The molecule has 0 saturated heterocycles. The van der Waals surface area contributed by atoms with E-state index in [0.717, 1.165) is 0 Å². The van der Waals surface area contributed by atoms with Crippen LogP contribution < -0.4 is 5.73 Å². The monoisotopic (exact) mass is 209 g/mol. The summed E-state index contributed by atoms with van der Waals surface area (Å²) in [5.41, 5.74) is 7.29. The second-order valence-corrected chi connectivity index (χ2v) is 3.10. The smallest absolute Gasteiger partial charge is 0.198 e. The van der Waals surface area contributed by atoms with E-state index in [1.54, 1.807) is 24.7 Å². The number of halogens is 1. The molecule has 2 heterocycles. The number of nitrogens with zero attached hydrogens (tertiary/aromatic N) is 2. The van der Waals surface area contributed by atoms with Crippen LogP contribution in [0.25, 0.3) is 0 Å². The van der Waals surface area contributed by atoms with Gasteiger partial charge in [-0.1, -0.05) is 0 Å². The molecule has 2 aromatic heterocycles. The van der Waals surface area contributed by atoms with Crippen molar-refractivity contribution >= 4 is 11.6 Å². The first-order valence-corrected chi connectivity index (χ1v) is 4.41. The van der Waals surface area contributed by atoms with E-state index in [-0.39, 0.29) is 0 Å². The average molecular weight is 210 g/mol. The molecule has 1 unspecified atom stereocenters. The van der Waals surface area contributed by atoms with E-state index in [1.807, 2.05) is 0 Å². The maximum Gasteiger partial charge on any atom is 0.198 e. The fraction of sp³-hybridized carbons (Fsp3) is 0.111. The van der Waals surface area contributed by atoms with E-state index >= 15 is 0 Å². The van der Waals surface area contributed by atoms with Crippen LogP contribution in [0.1, 0.15) is 17.3 Å². The third-order valence-electron chi connectivity index (χ3n) is 1.88. The SMILES string of the molecule is NC(c1cnccn1)c1ccoc1Cl. The Morgan fingerprint density at radius 2 is 2.29 bits per heavy atom. The molecule has 1 atom stereocenters.